The Balaban J connectivity index is 1.17. The summed E-state index contributed by atoms with van der Waals surface area (Å²) in [5.74, 6) is 0.715. The highest BCUT2D eigenvalue weighted by molar-refractivity contribution is 7.22. The summed E-state index contributed by atoms with van der Waals surface area (Å²) in [5, 5.41) is 6.50. The number of benzene rings is 13. The van der Waals surface area contributed by atoms with Gasteiger partial charge in [-0.25, -0.2) is 9.97 Å². The fraction of sp³-hybridized carbons (Fsp3) is 0. The van der Waals surface area contributed by atoms with Crippen LogP contribution in [0.1, 0.15) is 17.8 Å². The van der Waals surface area contributed by atoms with Crippen molar-refractivity contribution < 1.29 is 17.8 Å². The Hall–Kier alpha value is -10.8. The average molecular weight is 1160 g/mol. The molecule has 13 aromatic carbocycles. The first-order valence-corrected chi connectivity index (χ1v) is 32.8. The summed E-state index contributed by atoms with van der Waals surface area (Å²) >= 11 is 0. The predicted molar refractivity (Wildman–Crippen MR) is 371 cm³/mol. The van der Waals surface area contributed by atoms with E-state index in [2.05, 4.69) is 16.7 Å². The third kappa shape index (κ3) is 9.56. The Bertz CT molecular complexity index is 5310. The molecule has 87 heavy (non-hydrogen) atoms. The SMILES string of the molecule is [2H]c1c([2H])c([2H])c(-c2cccc([Si](c3ccccc3)(c3ccccc3)c3c([2H])c(-c4cc(-n5c6ccccc6c6ccccc65)nc(-c5cccc(-c6ccccc6)c5)n4)c([2H])c([Si](c4ccccc4)(c4ccccc4)c4cccc(-c5c([2H])c([2H])c([2H])c([2H])c5[2H])c4)c3[2H])c2)c([2H])c1[2H]. The van der Waals surface area contributed by atoms with Crippen molar-refractivity contribution in [3.05, 3.63) is 358 Å². The third-order valence-electron chi connectivity index (χ3n) is 16.5. The zero-order chi connectivity index (χ0) is 69.3. The fourth-order valence-electron chi connectivity index (χ4n) is 12.6. The number of para-hydroxylation sites is 2. The highest BCUT2D eigenvalue weighted by Gasteiger charge is 2.46. The zero-order valence-corrected chi connectivity index (χ0v) is 48.9. The molecule has 2 aromatic heterocycles. The zero-order valence-electron chi connectivity index (χ0n) is 59.9. The van der Waals surface area contributed by atoms with Gasteiger partial charge in [-0.2, -0.15) is 0 Å². The molecule has 0 fully saturated rings. The van der Waals surface area contributed by atoms with Gasteiger partial charge in [-0.1, -0.05) is 333 Å². The van der Waals surface area contributed by atoms with E-state index in [0.717, 1.165) is 53.7 Å². The maximum atomic E-state index is 11.9. The van der Waals surface area contributed by atoms with Gasteiger partial charge < -0.3 is 0 Å². The normalized spacial score (nSPS) is 13.8. The van der Waals surface area contributed by atoms with Crippen molar-refractivity contribution in [3.63, 3.8) is 0 Å². The van der Waals surface area contributed by atoms with Crippen molar-refractivity contribution in [2.75, 3.05) is 0 Å². The third-order valence-corrected chi connectivity index (χ3v) is 25.7. The van der Waals surface area contributed by atoms with Crippen molar-refractivity contribution in [1.82, 2.24) is 14.5 Å². The second kappa shape index (κ2) is 23.0. The van der Waals surface area contributed by atoms with Crippen molar-refractivity contribution in [2.45, 2.75) is 0 Å². The van der Waals surface area contributed by atoms with Crippen LogP contribution in [0.5, 0.6) is 0 Å². The summed E-state index contributed by atoms with van der Waals surface area (Å²) in [6, 6.07) is 84.3. The molecule has 410 valence electrons. The average Bonchev–Trinajstić information content (AvgIpc) is 0.806. The molecule has 0 N–H and O–H groups in total. The minimum Gasteiger partial charge on any atom is -0.294 e. The van der Waals surface area contributed by atoms with Gasteiger partial charge >= 0.3 is 0 Å². The largest absolute Gasteiger partial charge is 0.294 e. The molecule has 0 unspecified atom stereocenters. The maximum Gasteiger partial charge on any atom is 0.179 e. The van der Waals surface area contributed by atoms with E-state index in [1.807, 2.05) is 243 Å². The Morgan fingerprint density at radius 1 is 0.264 bits per heavy atom. The molecule has 0 spiro atoms. The van der Waals surface area contributed by atoms with Gasteiger partial charge in [0.1, 0.15) is 5.82 Å². The van der Waals surface area contributed by atoms with Crippen LogP contribution in [-0.2, 0) is 0 Å². The standard InChI is InChI=1S/C82H59N3Si2/c1-8-29-60(30-9-1)63-35-26-38-66(53-63)82-83-78(59-81(84-82)85-79-51-24-22-49-76(79)77-50-23-25-52-80(77)85)67-56-74(86(68-39-14-4-15-40-68,69-41-16-5-17-42-69)72-47-27-36-64(54-72)61-31-10-2-11-32-61)58-75(57-67)87(70-43-18-6-19-44-70,71-45-20-7-21-46-71)73-48-28-37-65(55-73)62-33-12-3-13-34-62/h1-59H/i2D,3D,10D,11D,12D,13D,31D,32D,33D,34D,56D,57D,58D. The van der Waals surface area contributed by atoms with Crippen LogP contribution in [0.2, 0.25) is 0 Å². The molecule has 0 saturated carbocycles. The van der Waals surface area contributed by atoms with Crippen LogP contribution < -0.4 is 41.5 Å². The van der Waals surface area contributed by atoms with E-state index >= 15 is 0 Å². The predicted octanol–water partition coefficient (Wildman–Crippen LogP) is 14.7. The fourth-order valence-corrected chi connectivity index (χ4v) is 22.0. The van der Waals surface area contributed by atoms with Gasteiger partial charge in [0.15, 0.2) is 22.0 Å². The summed E-state index contributed by atoms with van der Waals surface area (Å²) in [6.07, 6.45) is 0. The number of hydrogen-bond donors (Lipinski definition) is 0. The summed E-state index contributed by atoms with van der Waals surface area (Å²) in [7, 11) is -8.86. The molecule has 0 amide bonds. The van der Waals surface area contributed by atoms with Gasteiger partial charge in [0.05, 0.1) is 34.5 Å². The lowest BCUT2D eigenvalue weighted by molar-refractivity contribution is 1.05. The van der Waals surface area contributed by atoms with Gasteiger partial charge in [-0.15, -0.1) is 0 Å². The minimum absolute atomic E-state index is 0.0297. The van der Waals surface area contributed by atoms with Gasteiger partial charge in [-0.3, -0.25) is 4.57 Å². The lowest BCUT2D eigenvalue weighted by atomic mass is 10.0. The van der Waals surface area contributed by atoms with Crippen LogP contribution in [0.4, 0.5) is 0 Å². The number of nitrogens with zero attached hydrogens (tertiary/aromatic N) is 3. The Morgan fingerprint density at radius 3 is 1.09 bits per heavy atom. The summed E-state index contributed by atoms with van der Waals surface area (Å²) in [5.41, 5.74) is 5.01. The van der Waals surface area contributed by atoms with Crippen molar-refractivity contribution >= 4 is 79.4 Å². The molecule has 5 heteroatoms. The van der Waals surface area contributed by atoms with Crippen LogP contribution in [0.15, 0.2) is 358 Å². The molecule has 3 nitrogen and oxygen atoms in total. The lowest BCUT2D eigenvalue weighted by Gasteiger charge is -2.38. The van der Waals surface area contributed by atoms with Gasteiger partial charge in [0.25, 0.3) is 0 Å². The van der Waals surface area contributed by atoms with E-state index < -0.39 is 76.6 Å². The van der Waals surface area contributed by atoms with Crippen LogP contribution in [0.3, 0.4) is 0 Å². The van der Waals surface area contributed by atoms with Crippen LogP contribution in [-0.4, -0.2) is 30.7 Å². The number of hydrogen-bond acceptors (Lipinski definition) is 2. The molecule has 2 heterocycles. The van der Waals surface area contributed by atoms with E-state index in [1.165, 1.54) is 0 Å². The molecule has 0 bridgehead atoms. The molecule has 0 aliphatic carbocycles. The highest BCUT2D eigenvalue weighted by atomic mass is 28.3. The second-order valence-corrected chi connectivity index (χ2v) is 28.8. The van der Waals surface area contributed by atoms with E-state index in [4.69, 9.17) is 18.2 Å². The van der Waals surface area contributed by atoms with Crippen molar-refractivity contribution in [3.8, 4) is 61.8 Å². The Labute approximate surface area is 528 Å². The molecular formula is C82H59N3Si2. The molecule has 0 radical (unpaired) electrons. The second-order valence-electron chi connectivity index (χ2n) is 21.4. The minimum atomic E-state index is -4.43. The monoisotopic (exact) mass is 1150 g/mol. The number of rotatable bonds is 14. The number of fused-ring (bicyclic) bond motifs is 3. The van der Waals surface area contributed by atoms with Gasteiger partial charge in [-0.05, 0) is 93.1 Å². The molecule has 0 aliphatic rings. The van der Waals surface area contributed by atoms with Crippen LogP contribution >= 0.6 is 0 Å². The van der Waals surface area contributed by atoms with E-state index in [-0.39, 0.29) is 56.7 Å². The van der Waals surface area contributed by atoms with Crippen molar-refractivity contribution in [1.29, 1.82) is 0 Å². The van der Waals surface area contributed by atoms with E-state index in [1.54, 1.807) is 24.3 Å². The Kier molecular flexibility index (Phi) is 10.7. The topological polar surface area (TPSA) is 30.7 Å². The lowest BCUT2D eigenvalue weighted by Crippen LogP contribution is -2.78. The van der Waals surface area contributed by atoms with Crippen molar-refractivity contribution in [2.24, 2.45) is 0 Å². The van der Waals surface area contributed by atoms with E-state index in [0.29, 0.717) is 32.9 Å². The molecule has 15 aromatic rings. The summed E-state index contributed by atoms with van der Waals surface area (Å²) in [6.45, 7) is 0. The molecule has 0 saturated heterocycles. The molecular weight excluding hydrogens is 1080 g/mol. The van der Waals surface area contributed by atoms with Gasteiger partial charge in [0, 0.05) is 28.0 Å². The smallest absolute Gasteiger partial charge is 0.179 e. The molecule has 0 atom stereocenters. The molecule has 0 aliphatic heterocycles. The summed E-state index contributed by atoms with van der Waals surface area (Å²) in [4.78, 5) is 11.2. The quantitative estimate of drug-likeness (QED) is 0.0802. The van der Waals surface area contributed by atoms with Crippen LogP contribution in [0, 0.1) is 0 Å². The first kappa shape index (κ1) is 40.4. The van der Waals surface area contributed by atoms with E-state index in [9.17, 15) is 9.60 Å². The first-order valence-electron chi connectivity index (χ1n) is 35.3. The number of aromatic nitrogens is 3. The molecule has 15 rings (SSSR count). The summed E-state index contributed by atoms with van der Waals surface area (Å²) < 4.78 is 128. The Morgan fingerprint density at radius 2 is 0.632 bits per heavy atom. The van der Waals surface area contributed by atoms with Gasteiger partial charge in [0.2, 0.25) is 0 Å². The highest BCUT2D eigenvalue weighted by Crippen LogP contribution is 2.35. The van der Waals surface area contributed by atoms with Crippen LogP contribution in [0.25, 0.3) is 83.6 Å². The maximum absolute atomic E-state index is 11.9. The first-order chi connectivity index (χ1) is 48.5.